The topological polar surface area (TPSA) is 79.8 Å². The third-order valence-corrected chi connectivity index (χ3v) is 5.82. The summed E-state index contributed by atoms with van der Waals surface area (Å²) in [5.74, 6) is -0.0253. The lowest BCUT2D eigenvalue weighted by molar-refractivity contribution is -0.120. The highest BCUT2D eigenvalue weighted by Crippen LogP contribution is 2.24. The second-order valence-electron chi connectivity index (χ2n) is 7.85. The van der Waals surface area contributed by atoms with Crippen molar-refractivity contribution >= 4 is 16.9 Å². The third kappa shape index (κ3) is 4.14. The molecule has 2 aromatic heterocycles. The number of carbonyl (C=O) groups excluding carboxylic acids is 1. The van der Waals surface area contributed by atoms with Gasteiger partial charge in [-0.1, -0.05) is 60.7 Å². The molecule has 0 bridgehead atoms. The number of aromatic amines is 1. The standard InChI is InChI=1S/C25H26N4O2/c1-16-20(17(2)27-24-23(16)25(31)28-29(24)3)14-22(30)26-15-21(18-10-6-4-7-11-18)19-12-8-5-9-13-19/h4-13,21H,14-15H2,1-3H3,(H,26,30)(H,28,31). The number of fused-ring (bicyclic) bond motifs is 1. The summed E-state index contributed by atoms with van der Waals surface area (Å²) in [7, 11) is 1.76. The molecule has 31 heavy (non-hydrogen) atoms. The summed E-state index contributed by atoms with van der Waals surface area (Å²) in [6.45, 7) is 4.25. The number of hydrogen-bond donors (Lipinski definition) is 2. The Morgan fingerprint density at radius 1 is 1.03 bits per heavy atom. The molecule has 0 saturated carbocycles. The third-order valence-electron chi connectivity index (χ3n) is 5.82. The van der Waals surface area contributed by atoms with Gasteiger partial charge in [-0.15, -0.1) is 0 Å². The number of amides is 1. The van der Waals surface area contributed by atoms with Crippen LogP contribution in [0.2, 0.25) is 0 Å². The van der Waals surface area contributed by atoms with Crippen molar-refractivity contribution in [2.45, 2.75) is 26.2 Å². The van der Waals surface area contributed by atoms with E-state index in [2.05, 4.69) is 39.7 Å². The Morgan fingerprint density at radius 2 is 1.61 bits per heavy atom. The van der Waals surface area contributed by atoms with Gasteiger partial charge in [-0.25, -0.2) is 4.98 Å². The van der Waals surface area contributed by atoms with Crippen LogP contribution < -0.4 is 10.9 Å². The van der Waals surface area contributed by atoms with Crippen LogP contribution in [0.15, 0.2) is 65.5 Å². The lowest BCUT2D eigenvalue weighted by Gasteiger charge is -2.19. The van der Waals surface area contributed by atoms with E-state index in [1.54, 1.807) is 11.7 Å². The second kappa shape index (κ2) is 8.60. The maximum atomic E-state index is 12.9. The van der Waals surface area contributed by atoms with E-state index < -0.39 is 0 Å². The Hall–Kier alpha value is -3.67. The van der Waals surface area contributed by atoms with E-state index in [-0.39, 0.29) is 23.8 Å². The van der Waals surface area contributed by atoms with E-state index in [1.807, 2.05) is 50.2 Å². The molecule has 0 atom stereocenters. The first-order chi connectivity index (χ1) is 15.0. The molecule has 0 spiro atoms. The number of aryl methyl sites for hydroxylation is 3. The number of aromatic nitrogens is 3. The minimum atomic E-state index is -0.183. The molecule has 2 N–H and O–H groups in total. The molecule has 6 heteroatoms. The largest absolute Gasteiger partial charge is 0.355 e. The molecule has 6 nitrogen and oxygen atoms in total. The number of benzene rings is 2. The fraction of sp³-hybridized carbons (Fsp3) is 0.240. The number of rotatable bonds is 6. The van der Waals surface area contributed by atoms with Crippen LogP contribution in [-0.2, 0) is 18.3 Å². The van der Waals surface area contributed by atoms with Gasteiger partial charge in [0.05, 0.1) is 11.8 Å². The smallest absolute Gasteiger partial charge is 0.273 e. The molecule has 0 unspecified atom stereocenters. The zero-order valence-electron chi connectivity index (χ0n) is 18.0. The molecule has 0 aliphatic heterocycles. The van der Waals surface area contributed by atoms with Crippen LogP contribution in [0.3, 0.4) is 0 Å². The fourth-order valence-corrected chi connectivity index (χ4v) is 4.15. The normalized spacial score (nSPS) is 11.2. The molecular formula is C25H26N4O2. The molecule has 0 radical (unpaired) electrons. The lowest BCUT2D eigenvalue weighted by atomic mass is 9.91. The molecule has 0 aliphatic rings. The first-order valence-electron chi connectivity index (χ1n) is 10.4. The van der Waals surface area contributed by atoms with E-state index in [1.165, 1.54) is 0 Å². The van der Waals surface area contributed by atoms with E-state index in [4.69, 9.17) is 0 Å². The Labute approximate surface area is 180 Å². The van der Waals surface area contributed by atoms with Crippen LogP contribution in [-0.4, -0.2) is 27.2 Å². The Bertz CT molecular complexity index is 1230. The van der Waals surface area contributed by atoms with Crippen molar-refractivity contribution in [1.29, 1.82) is 0 Å². The maximum Gasteiger partial charge on any atom is 0.273 e. The minimum Gasteiger partial charge on any atom is -0.355 e. The van der Waals surface area contributed by atoms with Crippen LogP contribution in [0, 0.1) is 13.8 Å². The van der Waals surface area contributed by atoms with Crippen molar-refractivity contribution in [1.82, 2.24) is 20.1 Å². The summed E-state index contributed by atoms with van der Waals surface area (Å²) in [6.07, 6.45) is 0.186. The number of carbonyl (C=O) groups is 1. The monoisotopic (exact) mass is 414 g/mol. The van der Waals surface area contributed by atoms with Gasteiger partial charge < -0.3 is 5.32 Å². The van der Waals surface area contributed by atoms with Gasteiger partial charge in [0.25, 0.3) is 5.56 Å². The van der Waals surface area contributed by atoms with Gasteiger partial charge in [0.2, 0.25) is 5.91 Å². The molecule has 158 valence electrons. The van der Waals surface area contributed by atoms with Gasteiger partial charge in [-0.3, -0.25) is 19.4 Å². The van der Waals surface area contributed by atoms with E-state index in [0.29, 0.717) is 17.6 Å². The average molecular weight is 415 g/mol. The Kier molecular flexibility index (Phi) is 5.71. The van der Waals surface area contributed by atoms with Gasteiger partial charge in [0.15, 0.2) is 5.65 Å². The molecule has 4 aromatic rings. The van der Waals surface area contributed by atoms with Crippen molar-refractivity contribution in [3.63, 3.8) is 0 Å². The fourth-order valence-electron chi connectivity index (χ4n) is 4.15. The highest BCUT2D eigenvalue weighted by Gasteiger charge is 2.19. The van der Waals surface area contributed by atoms with Crippen LogP contribution >= 0.6 is 0 Å². The molecular weight excluding hydrogens is 388 g/mol. The molecule has 0 saturated heterocycles. The van der Waals surface area contributed by atoms with Crippen molar-refractivity contribution in [2.75, 3.05) is 6.54 Å². The number of hydrogen-bond acceptors (Lipinski definition) is 3. The summed E-state index contributed by atoms with van der Waals surface area (Å²) in [5.41, 5.74) is 5.10. The van der Waals surface area contributed by atoms with E-state index in [0.717, 1.165) is 27.9 Å². The van der Waals surface area contributed by atoms with Gasteiger partial charge >= 0.3 is 0 Å². The molecule has 1 amide bonds. The SMILES string of the molecule is Cc1nc2c(c(C)c1CC(=O)NCC(c1ccccc1)c1ccccc1)c(=O)[nH]n2C. The predicted molar refractivity (Wildman–Crippen MR) is 122 cm³/mol. The first-order valence-corrected chi connectivity index (χ1v) is 10.4. The molecule has 4 rings (SSSR count). The lowest BCUT2D eigenvalue weighted by Crippen LogP contribution is -2.30. The van der Waals surface area contributed by atoms with Crippen LogP contribution in [0.1, 0.15) is 33.9 Å². The molecule has 2 aromatic carbocycles. The summed E-state index contributed by atoms with van der Waals surface area (Å²) in [6, 6.07) is 20.4. The summed E-state index contributed by atoms with van der Waals surface area (Å²) < 4.78 is 1.62. The molecule has 0 aliphatic carbocycles. The van der Waals surface area contributed by atoms with Gasteiger partial charge in [-0.2, -0.15) is 0 Å². The zero-order valence-corrected chi connectivity index (χ0v) is 18.0. The van der Waals surface area contributed by atoms with Gasteiger partial charge in [0, 0.05) is 25.2 Å². The van der Waals surface area contributed by atoms with E-state index in [9.17, 15) is 9.59 Å². The summed E-state index contributed by atoms with van der Waals surface area (Å²) in [4.78, 5) is 29.7. The number of pyridine rings is 1. The summed E-state index contributed by atoms with van der Waals surface area (Å²) >= 11 is 0. The van der Waals surface area contributed by atoms with Crippen LogP contribution in [0.4, 0.5) is 0 Å². The average Bonchev–Trinajstić information content (AvgIpc) is 3.06. The summed E-state index contributed by atoms with van der Waals surface area (Å²) in [5, 5.41) is 6.38. The number of nitrogens with one attached hydrogen (secondary N) is 2. The Balaban J connectivity index is 1.56. The minimum absolute atomic E-state index is 0.0612. The molecule has 0 fully saturated rings. The van der Waals surface area contributed by atoms with Crippen molar-refractivity contribution < 1.29 is 4.79 Å². The van der Waals surface area contributed by atoms with Crippen LogP contribution in [0.25, 0.3) is 11.0 Å². The quantitative estimate of drug-likeness (QED) is 0.508. The van der Waals surface area contributed by atoms with Crippen molar-refractivity contribution in [3.05, 3.63) is 99.0 Å². The number of nitrogens with zero attached hydrogens (tertiary/aromatic N) is 2. The van der Waals surface area contributed by atoms with Gasteiger partial charge in [-0.05, 0) is 36.1 Å². The highest BCUT2D eigenvalue weighted by molar-refractivity contribution is 5.84. The highest BCUT2D eigenvalue weighted by atomic mass is 16.1. The zero-order chi connectivity index (χ0) is 22.0. The second-order valence-corrected chi connectivity index (χ2v) is 7.85. The van der Waals surface area contributed by atoms with Crippen molar-refractivity contribution in [2.24, 2.45) is 7.05 Å². The molecule has 2 heterocycles. The first kappa shape index (κ1) is 20.6. The van der Waals surface area contributed by atoms with Gasteiger partial charge in [0.1, 0.15) is 0 Å². The maximum absolute atomic E-state index is 12.9. The van der Waals surface area contributed by atoms with Crippen molar-refractivity contribution in [3.8, 4) is 0 Å². The number of H-pyrrole nitrogens is 1. The van der Waals surface area contributed by atoms with E-state index >= 15 is 0 Å². The van der Waals surface area contributed by atoms with Crippen LogP contribution in [0.5, 0.6) is 0 Å². The predicted octanol–water partition coefficient (Wildman–Crippen LogP) is 3.37. The Morgan fingerprint density at radius 3 is 2.19 bits per heavy atom.